The number of allylic oxidation sites excluding steroid dienone is 2. The highest BCUT2D eigenvalue weighted by molar-refractivity contribution is 5.60. The first-order valence-corrected chi connectivity index (χ1v) is 8.91. The Balaban J connectivity index is 2.28. The van der Waals surface area contributed by atoms with E-state index in [4.69, 9.17) is 4.98 Å². The zero-order chi connectivity index (χ0) is 16.7. The summed E-state index contributed by atoms with van der Waals surface area (Å²) in [7, 11) is 0. The van der Waals surface area contributed by atoms with Gasteiger partial charge in [0.25, 0.3) is 0 Å². The van der Waals surface area contributed by atoms with Crippen LogP contribution in [0.4, 0.5) is 0 Å². The molecule has 0 aromatic carbocycles. The van der Waals surface area contributed by atoms with Gasteiger partial charge in [0.2, 0.25) is 0 Å². The van der Waals surface area contributed by atoms with Crippen LogP contribution < -0.4 is 0 Å². The van der Waals surface area contributed by atoms with Crippen molar-refractivity contribution in [1.82, 2.24) is 4.98 Å². The van der Waals surface area contributed by atoms with Crippen molar-refractivity contribution in [3.63, 3.8) is 0 Å². The summed E-state index contributed by atoms with van der Waals surface area (Å²) in [4.78, 5) is 9.57. The number of rotatable bonds is 9. The van der Waals surface area contributed by atoms with Crippen LogP contribution in [0.1, 0.15) is 87.2 Å². The van der Waals surface area contributed by atoms with E-state index in [1.165, 1.54) is 11.3 Å². The smallest absolute Gasteiger partial charge is 0.0919 e. The van der Waals surface area contributed by atoms with Gasteiger partial charge in [0, 0.05) is 5.69 Å². The molecule has 0 saturated heterocycles. The molecule has 2 heterocycles. The fourth-order valence-electron chi connectivity index (χ4n) is 3.09. The molecule has 0 spiro atoms. The van der Waals surface area contributed by atoms with Gasteiger partial charge in [0.05, 0.1) is 11.7 Å². The monoisotopic (exact) mass is 310 g/mol. The van der Waals surface area contributed by atoms with Gasteiger partial charge in [0.1, 0.15) is 0 Å². The molecule has 0 N–H and O–H groups in total. The predicted octanol–water partition coefficient (Wildman–Crippen LogP) is 6.13. The van der Waals surface area contributed by atoms with Crippen molar-refractivity contribution in [3.05, 3.63) is 54.4 Å². The van der Waals surface area contributed by atoms with Crippen LogP contribution in [-0.4, -0.2) is 11.2 Å². The fourth-order valence-corrected chi connectivity index (χ4v) is 3.09. The molecule has 124 valence electrons. The lowest BCUT2D eigenvalue weighted by Gasteiger charge is -2.19. The summed E-state index contributed by atoms with van der Waals surface area (Å²) in [6.45, 7) is 12.3. The standard InChI is InChI=1S/C21H30N2/c1-5-7-10-16(3)18-14-20(17(4)11-8-6-2)23-21(15-18)19-12-9-13-22-19/h5-6,13-17,19H,1-2,7-12H2,3-4H3. The Labute approximate surface area is 141 Å². The van der Waals surface area contributed by atoms with Gasteiger partial charge in [-0.2, -0.15) is 0 Å². The second-order valence-electron chi connectivity index (χ2n) is 6.71. The SMILES string of the molecule is C=CCCC(C)c1cc(C(C)CCC=C)nc(C2CCC=N2)c1. The minimum atomic E-state index is 0.256. The number of nitrogens with zero attached hydrogens (tertiary/aromatic N) is 2. The maximum Gasteiger partial charge on any atom is 0.0919 e. The van der Waals surface area contributed by atoms with Crippen molar-refractivity contribution in [2.45, 2.75) is 70.3 Å². The van der Waals surface area contributed by atoms with Crippen LogP contribution in [0, 0.1) is 0 Å². The number of pyridine rings is 1. The van der Waals surface area contributed by atoms with Crippen LogP contribution in [0.2, 0.25) is 0 Å². The molecule has 0 fully saturated rings. The van der Waals surface area contributed by atoms with E-state index in [0.29, 0.717) is 11.8 Å². The molecule has 1 aliphatic rings. The largest absolute Gasteiger partial charge is 0.288 e. The second kappa shape index (κ2) is 8.81. The van der Waals surface area contributed by atoms with Crippen LogP contribution in [0.5, 0.6) is 0 Å². The molecule has 3 atom stereocenters. The summed E-state index contributed by atoms with van der Waals surface area (Å²) < 4.78 is 0. The van der Waals surface area contributed by atoms with Crippen molar-refractivity contribution in [2.24, 2.45) is 4.99 Å². The van der Waals surface area contributed by atoms with Crippen LogP contribution in [0.15, 0.2) is 42.4 Å². The average Bonchev–Trinajstić information content (AvgIpc) is 3.11. The van der Waals surface area contributed by atoms with Crippen molar-refractivity contribution >= 4 is 6.21 Å². The Hall–Kier alpha value is -1.70. The zero-order valence-electron chi connectivity index (χ0n) is 14.7. The van der Waals surface area contributed by atoms with Gasteiger partial charge >= 0.3 is 0 Å². The molecule has 1 aliphatic heterocycles. The van der Waals surface area contributed by atoms with E-state index in [1.54, 1.807) is 0 Å². The quantitative estimate of drug-likeness (QED) is 0.504. The third-order valence-corrected chi connectivity index (χ3v) is 4.76. The van der Waals surface area contributed by atoms with E-state index in [0.717, 1.165) is 44.2 Å². The summed E-state index contributed by atoms with van der Waals surface area (Å²) in [5.74, 6) is 0.995. The van der Waals surface area contributed by atoms with Crippen LogP contribution in [0.25, 0.3) is 0 Å². The molecule has 2 rings (SSSR count). The Bertz CT molecular complexity index is 523. The molecule has 23 heavy (non-hydrogen) atoms. The fraction of sp³-hybridized carbons (Fsp3) is 0.524. The summed E-state index contributed by atoms with van der Waals surface area (Å²) in [5.41, 5.74) is 3.77. The minimum Gasteiger partial charge on any atom is -0.288 e. The van der Waals surface area contributed by atoms with E-state index < -0.39 is 0 Å². The first-order chi connectivity index (χ1) is 11.2. The zero-order valence-corrected chi connectivity index (χ0v) is 14.7. The van der Waals surface area contributed by atoms with Gasteiger partial charge in [-0.3, -0.25) is 9.98 Å². The molecule has 0 bridgehead atoms. The van der Waals surface area contributed by atoms with Gasteiger partial charge in [-0.25, -0.2) is 0 Å². The molecule has 2 heteroatoms. The maximum absolute atomic E-state index is 4.96. The Morgan fingerprint density at radius 3 is 2.43 bits per heavy atom. The summed E-state index contributed by atoms with van der Waals surface area (Å²) in [6.07, 6.45) is 12.6. The molecule has 1 aromatic heterocycles. The molecule has 0 radical (unpaired) electrons. The van der Waals surface area contributed by atoms with Gasteiger partial charge in [-0.05, 0) is 74.3 Å². The molecule has 0 aliphatic carbocycles. The molecule has 0 amide bonds. The molecule has 3 unspecified atom stereocenters. The minimum absolute atomic E-state index is 0.256. The van der Waals surface area contributed by atoms with Crippen molar-refractivity contribution in [1.29, 1.82) is 0 Å². The average molecular weight is 310 g/mol. The normalized spacial score (nSPS) is 19.5. The number of aliphatic imine (C=N–C) groups is 1. The number of hydrogen-bond donors (Lipinski definition) is 0. The van der Waals surface area contributed by atoms with Gasteiger partial charge < -0.3 is 0 Å². The summed E-state index contributed by atoms with van der Waals surface area (Å²) in [6, 6.07) is 4.85. The lowest BCUT2D eigenvalue weighted by atomic mass is 9.91. The predicted molar refractivity (Wildman–Crippen MR) is 100 cm³/mol. The van der Waals surface area contributed by atoms with Crippen LogP contribution >= 0.6 is 0 Å². The van der Waals surface area contributed by atoms with Gasteiger partial charge in [-0.15, -0.1) is 13.2 Å². The van der Waals surface area contributed by atoms with Crippen molar-refractivity contribution in [2.75, 3.05) is 0 Å². The Morgan fingerprint density at radius 1 is 1.13 bits per heavy atom. The second-order valence-corrected chi connectivity index (χ2v) is 6.71. The number of aromatic nitrogens is 1. The lowest BCUT2D eigenvalue weighted by molar-refractivity contribution is 0.630. The topological polar surface area (TPSA) is 25.2 Å². The van der Waals surface area contributed by atoms with Crippen molar-refractivity contribution in [3.8, 4) is 0 Å². The lowest BCUT2D eigenvalue weighted by Crippen LogP contribution is -2.06. The summed E-state index contributed by atoms with van der Waals surface area (Å²) >= 11 is 0. The Morgan fingerprint density at radius 2 is 1.83 bits per heavy atom. The third kappa shape index (κ3) is 4.89. The first-order valence-electron chi connectivity index (χ1n) is 8.91. The van der Waals surface area contributed by atoms with Crippen LogP contribution in [0.3, 0.4) is 0 Å². The van der Waals surface area contributed by atoms with E-state index >= 15 is 0 Å². The molecule has 1 aromatic rings. The molecule has 0 saturated carbocycles. The highest BCUT2D eigenvalue weighted by atomic mass is 14.9. The van der Waals surface area contributed by atoms with E-state index in [9.17, 15) is 0 Å². The molecule has 2 nitrogen and oxygen atoms in total. The molecular weight excluding hydrogens is 280 g/mol. The van der Waals surface area contributed by atoms with E-state index in [2.05, 4.69) is 44.1 Å². The first kappa shape index (κ1) is 17.7. The van der Waals surface area contributed by atoms with E-state index in [1.807, 2.05) is 18.4 Å². The third-order valence-electron chi connectivity index (χ3n) is 4.76. The van der Waals surface area contributed by atoms with Gasteiger partial charge in [-0.1, -0.05) is 26.0 Å². The Kier molecular flexibility index (Phi) is 6.76. The van der Waals surface area contributed by atoms with Crippen LogP contribution in [-0.2, 0) is 0 Å². The number of hydrogen-bond acceptors (Lipinski definition) is 2. The maximum atomic E-state index is 4.96. The highest BCUT2D eigenvalue weighted by Crippen LogP contribution is 2.32. The molecular formula is C21H30N2. The highest BCUT2D eigenvalue weighted by Gasteiger charge is 2.19. The van der Waals surface area contributed by atoms with Gasteiger partial charge in [0.15, 0.2) is 0 Å². The van der Waals surface area contributed by atoms with E-state index in [-0.39, 0.29) is 6.04 Å². The summed E-state index contributed by atoms with van der Waals surface area (Å²) in [5, 5.41) is 0. The van der Waals surface area contributed by atoms with Crippen molar-refractivity contribution < 1.29 is 0 Å².